The number of carbonyl (C=O) groups is 1. The molecule has 142 valence electrons. The van der Waals surface area contributed by atoms with Crippen molar-refractivity contribution in [3.8, 4) is 17.2 Å². The van der Waals surface area contributed by atoms with E-state index in [4.69, 9.17) is 9.47 Å². The fourth-order valence-electron chi connectivity index (χ4n) is 2.78. The number of halogens is 2. The zero-order chi connectivity index (χ0) is 19.4. The number of nitrogens with zero attached hydrogens (tertiary/aromatic N) is 2. The normalized spacial score (nSPS) is 13.5. The van der Waals surface area contributed by atoms with Gasteiger partial charge in [-0.15, -0.1) is 0 Å². The standard InChI is InChI=1S/C19H18F2N2O4/c1-25-16-7-6-12(11-17(16)26-2)15-8-9-23(22-15)18(24)13-4-3-5-14(10-13)27-19(20)21/h3-7,10-11,19H,8-9H2,1-2H3. The number of carbonyl (C=O) groups excluding carboxylic acids is 1. The van der Waals surface area contributed by atoms with Gasteiger partial charge < -0.3 is 14.2 Å². The number of benzene rings is 2. The summed E-state index contributed by atoms with van der Waals surface area (Å²) in [6.45, 7) is -2.56. The maximum absolute atomic E-state index is 12.6. The summed E-state index contributed by atoms with van der Waals surface area (Å²) >= 11 is 0. The van der Waals surface area contributed by atoms with Crippen molar-refractivity contribution in [1.29, 1.82) is 0 Å². The number of hydrazone groups is 1. The molecule has 0 fully saturated rings. The Morgan fingerprint density at radius 3 is 2.59 bits per heavy atom. The molecule has 1 heterocycles. The van der Waals surface area contributed by atoms with Crippen LogP contribution in [0.25, 0.3) is 0 Å². The summed E-state index contributed by atoms with van der Waals surface area (Å²) in [6.07, 6.45) is 0.564. The van der Waals surface area contributed by atoms with Crippen molar-refractivity contribution in [2.45, 2.75) is 13.0 Å². The van der Waals surface area contributed by atoms with Crippen LogP contribution in [0.3, 0.4) is 0 Å². The molecule has 3 rings (SSSR count). The van der Waals surface area contributed by atoms with E-state index in [1.807, 2.05) is 6.07 Å². The van der Waals surface area contributed by atoms with Gasteiger partial charge in [-0.3, -0.25) is 4.79 Å². The van der Waals surface area contributed by atoms with Crippen LogP contribution in [0.4, 0.5) is 8.78 Å². The number of ether oxygens (including phenoxy) is 3. The van der Waals surface area contributed by atoms with Crippen LogP contribution in [0.2, 0.25) is 0 Å². The quantitative estimate of drug-likeness (QED) is 0.774. The Morgan fingerprint density at radius 2 is 1.89 bits per heavy atom. The van der Waals surface area contributed by atoms with Gasteiger partial charge in [0.2, 0.25) is 0 Å². The second-order valence-electron chi connectivity index (χ2n) is 5.70. The summed E-state index contributed by atoms with van der Waals surface area (Å²) in [5.74, 6) is 0.715. The second-order valence-corrected chi connectivity index (χ2v) is 5.70. The summed E-state index contributed by atoms with van der Waals surface area (Å²) in [4.78, 5) is 12.6. The highest BCUT2D eigenvalue weighted by molar-refractivity contribution is 6.04. The van der Waals surface area contributed by atoms with Gasteiger partial charge in [-0.25, -0.2) is 5.01 Å². The first-order valence-electron chi connectivity index (χ1n) is 8.18. The van der Waals surface area contributed by atoms with E-state index in [9.17, 15) is 13.6 Å². The molecule has 0 N–H and O–H groups in total. The van der Waals surface area contributed by atoms with Crippen LogP contribution in [0.15, 0.2) is 47.6 Å². The molecule has 0 saturated heterocycles. The summed E-state index contributed by atoms with van der Waals surface area (Å²) in [7, 11) is 3.10. The first-order chi connectivity index (χ1) is 13.0. The third kappa shape index (κ3) is 4.16. The molecule has 2 aromatic carbocycles. The molecule has 0 bridgehead atoms. The van der Waals surface area contributed by atoms with Crippen molar-refractivity contribution >= 4 is 11.6 Å². The molecule has 1 amide bonds. The van der Waals surface area contributed by atoms with E-state index in [1.165, 1.54) is 29.3 Å². The Bertz CT molecular complexity index is 871. The summed E-state index contributed by atoms with van der Waals surface area (Å²) in [5, 5.41) is 5.68. The minimum absolute atomic E-state index is 0.0702. The van der Waals surface area contributed by atoms with Crippen molar-refractivity contribution in [2.75, 3.05) is 20.8 Å². The van der Waals surface area contributed by atoms with E-state index in [0.29, 0.717) is 24.5 Å². The minimum atomic E-state index is -2.95. The Kier molecular flexibility index (Phi) is 5.54. The van der Waals surface area contributed by atoms with E-state index in [1.54, 1.807) is 26.4 Å². The van der Waals surface area contributed by atoms with E-state index < -0.39 is 6.61 Å². The Labute approximate surface area is 154 Å². The highest BCUT2D eigenvalue weighted by Gasteiger charge is 2.24. The molecule has 1 aliphatic heterocycles. The molecular weight excluding hydrogens is 358 g/mol. The fraction of sp³-hybridized carbons (Fsp3) is 0.263. The fourth-order valence-corrected chi connectivity index (χ4v) is 2.78. The van der Waals surface area contributed by atoms with E-state index in [-0.39, 0.29) is 17.2 Å². The predicted molar refractivity (Wildman–Crippen MR) is 94.8 cm³/mol. The molecular formula is C19H18F2N2O4. The molecule has 0 radical (unpaired) electrons. The lowest BCUT2D eigenvalue weighted by atomic mass is 10.1. The van der Waals surface area contributed by atoms with Gasteiger partial charge in [0.15, 0.2) is 11.5 Å². The third-order valence-corrected chi connectivity index (χ3v) is 4.06. The largest absolute Gasteiger partial charge is 0.493 e. The molecule has 0 atom stereocenters. The van der Waals surface area contributed by atoms with Crippen LogP contribution >= 0.6 is 0 Å². The Hall–Kier alpha value is -3.16. The van der Waals surface area contributed by atoms with Crippen molar-refractivity contribution in [3.63, 3.8) is 0 Å². The Morgan fingerprint density at radius 1 is 1.11 bits per heavy atom. The topological polar surface area (TPSA) is 60.4 Å². The van der Waals surface area contributed by atoms with E-state index in [0.717, 1.165) is 11.3 Å². The molecule has 6 nitrogen and oxygen atoms in total. The number of rotatable bonds is 6. The number of amides is 1. The van der Waals surface area contributed by atoms with Crippen molar-refractivity contribution < 1.29 is 27.8 Å². The average molecular weight is 376 g/mol. The lowest BCUT2D eigenvalue weighted by Crippen LogP contribution is -2.23. The first kappa shape index (κ1) is 18.6. The molecule has 0 aromatic heterocycles. The van der Waals surface area contributed by atoms with Crippen LogP contribution < -0.4 is 14.2 Å². The zero-order valence-electron chi connectivity index (χ0n) is 14.8. The van der Waals surface area contributed by atoms with Crippen LogP contribution in [-0.2, 0) is 0 Å². The highest BCUT2D eigenvalue weighted by atomic mass is 19.3. The lowest BCUT2D eigenvalue weighted by molar-refractivity contribution is -0.0499. The molecule has 0 saturated carbocycles. The van der Waals surface area contributed by atoms with Crippen LogP contribution in [-0.4, -0.2) is 44.0 Å². The zero-order valence-corrected chi connectivity index (χ0v) is 14.8. The first-order valence-corrected chi connectivity index (χ1v) is 8.18. The van der Waals surface area contributed by atoms with E-state index >= 15 is 0 Å². The van der Waals surface area contributed by atoms with Gasteiger partial charge in [0.05, 0.1) is 26.5 Å². The third-order valence-electron chi connectivity index (χ3n) is 4.06. The number of alkyl halides is 2. The maximum atomic E-state index is 12.6. The maximum Gasteiger partial charge on any atom is 0.387 e. The van der Waals surface area contributed by atoms with E-state index in [2.05, 4.69) is 9.84 Å². The highest BCUT2D eigenvalue weighted by Crippen LogP contribution is 2.29. The molecule has 2 aromatic rings. The Balaban J connectivity index is 1.80. The van der Waals surface area contributed by atoms with Crippen molar-refractivity contribution in [2.24, 2.45) is 5.10 Å². The van der Waals surface area contributed by atoms with Crippen molar-refractivity contribution in [1.82, 2.24) is 5.01 Å². The SMILES string of the molecule is COc1ccc(C2=NN(C(=O)c3cccc(OC(F)F)c3)CC2)cc1OC. The molecule has 0 unspecified atom stereocenters. The van der Waals surface area contributed by atoms with Gasteiger partial charge in [0.1, 0.15) is 5.75 Å². The monoisotopic (exact) mass is 376 g/mol. The summed E-state index contributed by atoms with van der Waals surface area (Å²) in [5.41, 5.74) is 1.77. The van der Waals surface area contributed by atoms with Gasteiger partial charge in [0.25, 0.3) is 5.91 Å². The average Bonchev–Trinajstić information content (AvgIpc) is 3.16. The van der Waals surface area contributed by atoms with Crippen molar-refractivity contribution in [3.05, 3.63) is 53.6 Å². The van der Waals surface area contributed by atoms with Gasteiger partial charge in [-0.1, -0.05) is 6.07 Å². The van der Waals surface area contributed by atoms with Gasteiger partial charge in [-0.2, -0.15) is 13.9 Å². The summed E-state index contributed by atoms with van der Waals surface area (Å²) in [6, 6.07) is 11.1. The number of hydrogen-bond acceptors (Lipinski definition) is 5. The van der Waals surface area contributed by atoms with Crippen LogP contribution in [0.1, 0.15) is 22.3 Å². The molecule has 1 aliphatic rings. The lowest BCUT2D eigenvalue weighted by Gasteiger charge is -2.12. The second kappa shape index (κ2) is 8.03. The molecule has 8 heteroatoms. The van der Waals surface area contributed by atoms with Crippen LogP contribution in [0, 0.1) is 0 Å². The minimum Gasteiger partial charge on any atom is -0.493 e. The molecule has 27 heavy (non-hydrogen) atoms. The number of hydrogen-bond donors (Lipinski definition) is 0. The number of methoxy groups -OCH3 is 2. The molecule has 0 spiro atoms. The van der Waals surface area contributed by atoms with Crippen LogP contribution in [0.5, 0.6) is 17.2 Å². The molecule has 0 aliphatic carbocycles. The predicted octanol–water partition coefficient (Wildman–Crippen LogP) is 3.56. The van der Waals surface area contributed by atoms with Gasteiger partial charge in [0, 0.05) is 17.5 Å². The smallest absolute Gasteiger partial charge is 0.387 e. The summed E-state index contributed by atoms with van der Waals surface area (Å²) < 4.78 is 39.5. The van der Waals surface area contributed by atoms with Gasteiger partial charge in [-0.05, 0) is 36.4 Å². The van der Waals surface area contributed by atoms with Gasteiger partial charge >= 0.3 is 6.61 Å².